The van der Waals surface area contributed by atoms with Gasteiger partial charge < -0.3 is 5.32 Å². The van der Waals surface area contributed by atoms with Gasteiger partial charge in [0.1, 0.15) is 5.82 Å². The molecule has 2 aromatic carbocycles. The van der Waals surface area contributed by atoms with Crippen LogP contribution in [0.15, 0.2) is 47.4 Å². The molecule has 0 aliphatic rings. The number of anilines is 1. The molecule has 0 atom stereocenters. The molecular weight excluding hydrogens is 269 g/mol. The second-order valence-corrected chi connectivity index (χ2v) is 5.12. The molecule has 0 aromatic heterocycles. The summed E-state index contributed by atoms with van der Waals surface area (Å²) in [6.07, 6.45) is 2.05. The van der Waals surface area contributed by atoms with Gasteiger partial charge in [0.25, 0.3) is 0 Å². The van der Waals surface area contributed by atoms with Crippen LogP contribution in [0.1, 0.15) is 5.56 Å². The van der Waals surface area contributed by atoms with Gasteiger partial charge in [-0.15, -0.1) is 11.8 Å². The standard InChI is InChI=1S/C14H13ClFNS/c1-18-12-5-2-10(3-6-12)9-17-11-4-7-14(16)13(15)8-11/h2-8,17H,9H2,1H3. The Morgan fingerprint density at radius 3 is 2.50 bits per heavy atom. The SMILES string of the molecule is CSc1ccc(CNc2ccc(F)c(Cl)c2)cc1. The van der Waals surface area contributed by atoms with E-state index in [4.69, 9.17) is 11.6 Å². The first-order valence-corrected chi connectivity index (χ1v) is 7.11. The first-order chi connectivity index (χ1) is 8.69. The van der Waals surface area contributed by atoms with E-state index in [0.29, 0.717) is 6.54 Å². The molecule has 0 amide bonds. The highest BCUT2D eigenvalue weighted by Gasteiger charge is 2.00. The molecule has 0 fully saturated rings. The molecule has 0 aliphatic heterocycles. The number of benzene rings is 2. The Bertz CT molecular complexity index is 528. The summed E-state index contributed by atoms with van der Waals surface area (Å²) in [5.74, 6) is -0.397. The molecule has 0 aliphatic carbocycles. The zero-order valence-electron chi connectivity index (χ0n) is 9.91. The predicted octanol–water partition coefficient (Wildman–Crippen LogP) is 4.81. The number of hydrogen-bond acceptors (Lipinski definition) is 2. The van der Waals surface area contributed by atoms with E-state index in [1.807, 2.05) is 6.26 Å². The molecule has 18 heavy (non-hydrogen) atoms. The second kappa shape index (κ2) is 6.12. The Balaban J connectivity index is 1.99. The Morgan fingerprint density at radius 1 is 1.17 bits per heavy atom. The molecule has 0 bridgehead atoms. The predicted molar refractivity (Wildman–Crippen MR) is 77.0 cm³/mol. The summed E-state index contributed by atoms with van der Waals surface area (Å²) in [7, 11) is 0. The Kier molecular flexibility index (Phi) is 4.50. The fourth-order valence-corrected chi connectivity index (χ4v) is 2.14. The Morgan fingerprint density at radius 2 is 1.89 bits per heavy atom. The van der Waals surface area contributed by atoms with Crippen LogP contribution in [0.2, 0.25) is 5.02 Å². The average Bonchev–Trinajstić information content (AvgIpc) is 2.41. The van der Waals surface area contributed by atoms with Crippen LogP contribution in [0.5, 0.6) is 0 Å². The van der Waals surface area contributed by atoms with Crippen molar-refractivity contribution in [3.63, 3.8) is 0 Å². The van der Waals surface area contributed by atoms with Gasteiger partial charge in [-0.2, -0.15) is 0 Å². The lowest BCUT2D eigenvalue weighted by atomic mass is 10.2. The lowest BCUT2D eigenvalue weighted by Crippen LogP contribution is -1.99. The van der Waals surface area contributed by atoms with E-state index >= 15 is 0 Å². The van der Waals surface area contributed by atoms with Crippen molar-refractivity contribution in [2.75, 3.05) is 11.6 Å². The van der Waals surface area contributed by atoms with Gasteiger partial charge in [-0.3, -0.25) is 0 Å². The van der Waals surface area contributed by atoms with Crippen LogP contribution >= 0.6 is 23.4 Å². The number of hydrogen-bond donors (Lipinski definition) is 1. The van der Waals surface area contributed by atoms with Crippen molar-refractivity contribution >= 4 is 29.1 Å². The maximum atomic E-state index is 13.0. The molecule has 0 spiro atoms. The van der Waals surface area contributed by atoms with E-state index < -0.39 is 5.82 Å². The monoisotopic (exact) mass is 281 g/mol. The second-order valence-electron chi connectivity index (χ2n) is 3.83. The molecule has 0 radical (unpaired) electrons. The van der Waals surface area contributed by atoms with E-state index in [-0.39, 0.29) is 5.02 Å². The molecule has 0 saturated heterocycles. The van der Waals surface area contributed by atoms with Gasteiger partial charge in [0.2, 0.25) is 0 Å². The van der Waals surface area contributed by atoms with Crippen molar-refractivity contribution in [1.82, 2.24) is 0 Å². The molecule has 4 heteroatoms. The fourth-order valence-electron chi connectivity index (χ4n) is 1.55. The molecule has 2 rings (SSSR count). The molecule has 94 valence electrons. The van der Waals surface area contributed by atoms with Crippen LogP contribution in [-0.4, -0.2) is 6.26 Å². The maximum absolute atomic E-state index is 13.0. The molecule has 2 aromatic rings. The zero-order valence-corrected chi connectivity index (χ0v) is 11.5. The van der Waals surface area contributed by atoms with Crippen LogP contribution < -0.4 is 5.32 Å². The fraction of sp³-hybridized carbons (Fsp3) is 0.143. The lowest BCUT2D eigenvalue weighted by Gasteiger charge is -2.07. The number of halogens is 2. The third-order valence-corrected chi connectivity index (χ3v) is 3.61. The summed E-state index contributed by atoms with van der Waals surface area (Å²) in [5.41, 5.74) is 1.99. The molecular formula is C14H13ClFNS. The van der Waals surface area contributed by atoms with Crippen LogP contribution in [0, 0.1) is 5.82 Å². The van der Waals surface area contributed by atoms with Crippen molar-refractivity contribution in [3.8, 4) is 0 Å². The van der Waals surface area contributed by atoms with E-state index in [1.54, 1.807) is 23.9 Å². The van der Waals surface area contributed by atoms with E-state index in [1.165, 1.54) is 16.5 Å². The van der Waals surface area contributed by atoms with Crippen molar-refractivity contribution in [1.29, 1.82) is 0 Å². The van der Waals surface area contributed by atoms with E-state index in [2.05, 4.69) is 29.6 Å². The topological polar surface area (TPSA) is 12.0 Å². The highest BCUT2D eigenvalue weighted by Crippen LogP contribution is 2.20. The maximum Gasteiger partial charge on any atom is 0.141 e. The zero-order chi connectivity index (χ0) is 13.0. The normalized spacial score (nSPS) is 10.4. The number of rotatable bonds is 4. The molecule has 0 saturated carbocycles. The Hall–Kier alpha value is -1.19. The summed E-state index contributed by atoms with van der Waals surface area (Å²) >= 11 is 7.43. The van der Waals surface area contributed by atoms with E-state index in [9.17, 15) is 4.39 Å². The van der Waals surface area contributed by atoms with Crippen LogP contribution in [0.25, 0.3) is 0 Å². The molecule has 0 heterocycles. The van der Waals surface area contributed by atoms with Gasteiger partial charge in [-0.1, -0.05) is 23.7 Å². The number of nitrogens with one attached hydrogen (secondary N) is 1. The van der Waals surface area contributed by atoms with Gasteiger partial charge in [-0.25, -0.2) is 4.39 Å². The van der Waals surface area contributed by atoms with E-state index in [0.717, 1.165) is 5.69 Å². The largest absolute Gasteiger partial charge is 0.381 e. The first kappa shape index (κ1) is 13.2. The number of thioether (sulfide) groups is 1. The third-order valence-electron chi connectivity index (χ3n) is 2.58. The van der Waals surface area contributed by atoms with Gasteiger partial charge >= 0.3 is 0 Å². The summed E-state index contributed by atoms with van der Waals surface area (Å²) in [6.45, 7) is 0.691. The van der Waals surface area contributed by atoms with Crippen molar-refractivity contribution < 1.29 is 4.39 Å². The van der Waals surface area contributed by atoms with Gasteiger partial charge in [-0.05, 0) is 42.2 Å². The van der Waals surface area contributed by atoms with Crippen molar-refractivity contribution in [2.24, 2.45) is 0 Å². The Labute approximate surface area is 115 Å². The molecule has 0 unspecified atom stereocenters. The van der Waals surface area contributed by atoms with Crippen LogP contribution in [-0.2, 0) is 6.54 Å². The van der Waals surface area contributed by atoms with Crippen molar-refractivity contribution in [3.05, 3.63) is 58.9 Å². The minimum absolute atomic E-state index is 0.137. The minimum Gasteiger partial charge on any atom is -0.381 e. The first-order valence-electron chi connectivity index (χ1n) is 5.51. The summed E-state index contributed by atoms with van der Waals surface area (Å²) < 4.78 is 13.0. The highest BCUT2D eigenvalue weighted by atomic mass is 35.5. The average molecular weight is 282 g/mol. The van der Waals surface area contributed by atoms with Crippen LogP contribution in [0.3, 0.4) is 0 Å². The summed E-state index contributed by atoms with van der Waals surface area (Å²) in [4.78, 5) is 1.24. The highest BCUT2D eigenvalue weighted by molar-refractivity contribution is 7.98. The quantitative estimate of drug-likeness (QED) is 0.807. The summed E-state index contributed by atoms with van der Waals surface area (Å²) in [5, 5.41) is 3.35. The molecule has 1 nitrogen and oxygen atoms in total. The van der Waals surface area contributed by atoms with Gasteiger partial charge in [0.15, 0.2) is 0 Å². The third kappa shape index (κ3) is 3.40. The lowest BCUT2D eigenvalue weighted by molar-refractivity contribution is 0.628. The van der Waals surface area contributed by atoms with Crippen molar-refractivity contribution in [2.45, 2.75) is 11.4 Å². The van der Waals surface area contributed by atoms with Gasteiger partial charge in [0, 0.05) is 17.1 Å². The van der Waals surface area contributed by atoms with Gasteiger partial charge in [0.05, 0.1) is 5.02 Å². The summed E-state index contributed by atoms with van der Waals surface area (Å²) in [6, 6.07) is 12.9. The molecule has 1 N–H and O–H groups in total. The minimum atomic E-state index is -0.397. The van der Waals surface area contributed by atoms with Crippen LogP contribution in [0.4, 0.5) is 10.1 Å². The smallest absolute Gasteiger partial charge is 0.141 e.